The molecule has 1 aromatic rings. The van der Waals surface area contributed by atoms with Gasteiger partial charge in [0.1, 0.15) is 5.82 Å². The molecule has 0 saturated heterocycles. The summed E-state index contributed by atoms with van der Waals surface area (Å²) in [5, 5.41) is 0.556. The first-order valence-corrected chi connectivity index (χ1v) is 5.25. The van der Waals surface area contributed by atoms with Crippen molar-refractivity contribution in [3.8, 4) is 0 Å². The number of hydrogen-bond acceptors (Lipinski definition) is 2. The van der Waals surface area contributed by atoms with Crippen LogP contribution in [0, 0.1) is 5.82 Å². The predicted octanol–water partition coefficient (Wildman–Crippen LogP) is 2.26. The van der Waals surface area contributed by atoms with Crippen LogP contribution in [0.1, 0.15) is 12.5 Å². The highest BCUT2D eigenvalue weighted by atomic mass is 35.5. The largest absolute Gasteiger partial charge is 0.327 e. The fourth-order valence-corrected chi connectivity index (χ4v) is 1.71. The van der Waals surface area contributed by atoms with Crippen LogP contribution in [0.25, 0.3) is 0 Å². The SMILES string of the molecule is CC(N)CN(C)Cc1cc(Cl)ccc1F. The maximum Gasteiger partial charge on any atom is 0.127 e. The predicted molar refractivity (Wildman–Crippen MR) is 61.4 cm³/mol. The lowest BCUT2D eigenvalue weighted by Crippen LogP contribution is -2.32. The van der Waals surface area contributed by atoms with Gasteiger partial charge in [-0.05, 0) is 32.2 Å². The number of likely N-dealkylation sites (N-methyl/N-ethyl adjacent to an activating group) is 1. The zero-order valence-corrected chi connectivity index (χ0v) is 9.76. The Morgan fingerprint density at radius 2 is 2.20 bits per heavy atom. The molecular formula is C11H16ClFN2. The summed E-state index contributed by atoms with van der Waals surface area (Å²) in [6.45, 7) is 3.17. The lowest BCUT2D eigenvalue weighted by atomic mass is 10.2. The van der Waals surface area contributed by atoms with Gasteiger partial charge in [-0.25, -0.2) is 4.39 Å². The molecule has 2 nitrogen and oxygen atoms in total. The molecule has 0 amide bonds. The van der Waals surface area contributed by atoms with E-state index in [1.165, 1.54) is 6.07 Å². The van der Waals surface area contributed by atoms with Crippen LogP contribution in [-0.2, 0) is 6.54 Å². The lowest BCUT2D eigenvalue weighted by Gasteiger charge is -2.19. The summed E-state index contributed by atoms with van der Waals surface area (Å²) in [7, 11) is 1.91. The zero-order valence-electron chi connectivity index (χ0n) is 9.00. The topological polar surface area (TPSA) is 29.3 Å². The van der Waals surface area contributed by atoms with Crippen molar-refractivity contribution in [2.75, 3.05) is 13.6 Å². The van der Waals surface area contributed by atoms with Crippen LogP contribution in [0.15, 0.2) is 18.2 Å². The molecule has 0 aliphatic heterocycles. The van der Waals surface area contributed by atoms with Gasteiger partial charge in [-0.1, -0.05) is 11.6 Å². The Hall–Kier alpha value is -0.640. The van der Waals surface area contributed by atoms with Crippen molar-refractivity contribution in [1.29, 1.82) is 0 Å². The van der Waals surface area contributed by atoms with E-state index in [1.54, 1.807) is 12.1 Å². The average molecular weight is 231 g/mol. The quantitative estimate of drug-likeness (QED) is 0.860. The zero-order chi connectivity index (χ0) is 11.4. The second-order valence-electron chi connectivity index (χ2n) is 3.91. The molecule has 0 aliphatic rings. The van der Waals surface area contributed by atoms with E-state index in [0.717, 1.165) is 6.54 Å². The first kappa shape index (κ1) is 12.4. The van der Waals surface area contributed by atoms with Gasteiger partial charge >= 0.3 is 0 Å². The third kappa shape index (κ3) is 4.16. The van der Waals surface area contributed by atoms with Crippen LogP contribution >= 0.6 is 11.6 Å². The molecule has 1 atom stereocenters. The monoisotopic (exact) mass is 230 g/mol. The van der Waals surface area contributed by atoms with Crippen molar-refractivity contribution in [2.45, 2.75) is 19.5 Å². The summed E-state index contributed by atoms with van der Waals surface area (Å²) >= 11 is 5.80. The van der Waals surface area contributed by atoms with Crippen LogP contribution in [0.2, 0.25) is 5.02 Å². The highest BCUT2D eigenvalue weighted by molar-refractivity contribution is 6.30. The van der Waals surface area contributed by atoms with Gasteiger partial charge in [-0.3, -0.25) is 0 Å². The molecule has 0 aromatic heterocycles. The molecule has 0 heterocycles. The number of rotatable bonds is 4. The summed E-state index contributed by atoms with van der Waals surface area (Å²) in [6.07, 6.45) is 0. The number of hydrogen-bond donors (Lipinski definition) is 1. The fraction of sp³-hybridized carbons (Fsp3) is 0.455. The lowest BCUT2D eigenvalue weighted by molar-refractivity contribution is 0.305. The van der Waals surface area contributed by atoms with E-state index >= 15 is 0 Å². The minimum atomic E-state index is -0.226. The van der Waals surface area contributed by atoms with Gasteiger partial charge in [0.2, 0.25) is 0 Å². The van der Waals surface area contributed by atoms with Gasteiger partial charge < -0.3 is 10.6 Å². The van der Waals surface area contributed by atoms with Crippen molar-refractivity contribution in [3.05, 3.63) is 34.6 Å². The van der Waals surface area contributed by atoms with E-state index in [4.69, 9.17) is 17.3 Å². The molecule has 4 heteroatoms. The highest BCUT2D eigenvalue weighted by Crippen LogP contribution is 2.16. The summed E-state index contributed by atoms with van der Waals surface area (Å²) < 4.78 is 13.4. The Labute approximate surface area is 94.8 Å². The first-order valence-electron chi connectivity index (χ1n) is 4.87. The third-order valence-corrected chi connectivity index (χ3v) is 2.28. The van der Waals surface area contributed by atoms with Gasteiger partial charge in [-0.15, -0.1) is 0 Å². The molecular weight excluding hydrogens is 215 g/mol. The van der Waals surface area contributed by atoms with E-state index < -0.39 is 0 Å². The molecule has 0 bridgehead atoms. The maximum atomic E-state index is 13.4. The Balaban J connectivity index is 2.67. The molecule has 0 radical (unpaired) electrons. The van der Waals surface area contributed by atoms with E-state index in [1.807, 2.05) is 18.9 Å². The summed E-state index contributed by atoms with van der Waals surface area (Å²) in [5.74, 6) is -0.226. The Bertz CT molecular complexity index is 328. The second-order valence-corrected chi connectivity index (χ2v) is 4.35. The van der Waals surface area contributed by atoms with Crippen LogP contribution in [0.5, 0.6) is 0 Å². The molecule has 0 spiro atoms. The van der Waals surface area contributed by atoms with Gasteiger partial charge in [0.15, 0.2) is 0 Å². The van der Waals surface area contributed by atoms with Crippen molar-refractivity contribution in [3.63, 3.8) is 0 Å². The molecule has 1 unspecified atom stereocenters. The minimum Gasteiger partial charge on any atom is -0.327 e. The summed E-state index contributed by atoms with van der Waals surface area (Å²) in [5.41, 5.74) is 6.26. The molecule has 84 valence electrons. The first-order chi connectivity index (χ1) is 6.99. The van der Waals surface area contributed by atoms with Crippen LogP contribution in [-0.4, -0.2) is 24.5 Å². The van der Waals surface area contributed by atoms with Crippen molar-refractivity contribution >= 4 is 11.6 Å². The van der Waals surface area contributed by atoms with Crippen molar-refractivity contribution in [1.82, 2.24) is 4.90 Å². The van der Waals surface area contributed by atoms with E-state index in [-0.39, 0.29) is 11.9 Å². The Kier molecular flexibility index (Phi) is 4.51. The number of nitrogens with zero attached hydrogens (tertiary/aromatic N) is 1. The standard InChI is InChI=1S/C11H16ClFN2/c1-8(14)6-15(2)7-9-5-10(12)3-4-11(9)13/h3-5,8H,6-7,14H2,1-2H3. The Morgan fingerprint density at radius 3 is 2.80 bits per heavy atom. The van der Waals surface area contributed by atoms with E-state index in [2.05, 4.69) is 0 Å². The molecule has 0 aliphatic carbocycles. The molecule has 15 heavy (non-hydrogen) atoms. The normalized spacial score (nSPS) is 13.2. The molecule has 2 N–H and O–H groups in total. The van der Waals surface area contributed by atoms with Crippen LogP contribution in [0.3, 0.4) is 0 Å². The second kappa shape index (κ2) is 5.45. The molecule has 0 saturated carbocycles. The Morgan fingerprint density at radius 1 is 1.53 bits per heavy atom. The molecule has 1 rings (SSSR count). The van der Waals surface area contributed by atoms with Crippen molar-refractivity contribution < 1.29 is 4.39 Å². The van der Waals surface area contributed by atoms with Gasteiger partial charge in [0.05, 0.1) is 0 Å². The van der Waals surface area contributed by atoms with Gasteiger partial charge in [0.25, 0.3) is 0 Å². The smallest absolute Gasteiger partial charge is 0.127 e. The number of benzene rings is 1. The highest BCUT2D eigenvalue weighted by Gasteiger charge is 2.07. The van der Waals surface area contributed by atoms with Crippen LogP contribution in [0.4, 0.5) is 4.39 Å². The van der Waals surface area contributed by atoms with Gasteiger partial charge in [-0.2, -0.15) is 0 Å². The fourth-order valence-electron chi connectivity index (χ4n) is 1.51. The van der Waals surface area contributed by atoms with Crippen molar-refractivity contribution in [2.24, 2.45) is 5.73 Å². The average Bonchev–Trinajstić information content (AvgIpc) is 2.10. The third-order valence-electron chi connectivity index (χ3n) is 2.05. The molecule has 1 aromatic carbocycles. The minimum absolute atomic E-state index is 0.0808. The maximum absolute atomic E-state index is 13.4. The van der Waals surface area contributed by atoms with Gasteiger partial charge in [0, 0.05) is 29.7 Å². The summed E-state index contributed by atoms with van der Waals surface area (Å²) in [4.78, 5) is 1.97. The van der Waals surface area contributed by atoms with Crippen LogP contribution < -0.4 is 5.73 Å². The van der Waals surface area contributed by atoms with E-state index in [0.29, 0.717) is 17.1 Å². The number of halogens is 2. The summed E-state index contributed by atoms with van der Waals surface area (Å²) in [6, 6.07) is 4.66. The molecule has 0 fully saturated rings. The van der Waals surface area contributed by atoms with E-state index in [9.17, 15) is 4.39 Å². The number of nitrogens with two attached hydrogens (primary N) is 1.